The lowest BCUT2D eigenvalue weighted by Gasteiger charge is -2.52. The van der Waals surface area contributed by atoms with Crippen molar-refractivity contribution in [3.05, 3.63) is 41.8 Å². The number of halogens is 1. The van der Waals surface area contributed by atoms with Gasteiger partial charge in [0, 0.05) is 37.9 Å². The first-order valence-corrected chi connectivity index (χ1v) is 13.0. The van der Waals surface area contributed by atoms with Crippen LogP contribution in [0.4, 0.5) is 4.39 Å². The van der Waals surface area contributed by atoms with E-state index in [0.29, 0.717) is 63.2 Å². The number of fused-ring (bicyclic) bond motifs is 2. The average molecular weight is 486 g/mol. The molecule has 0 N–H and O–H groups in total. The van der Waals surface area contributed by atoms with E-state index in [0.717, 1.165) is 43.8 Å². The lowest BCUT2D eigenvalue weighted by atomic mass is 9.53. The molecule has 8 heteroatoms. The van der Waals surface area contributed by atoms with Gasteiger partial charge in [0.15, 0.2) is 11.6 Å². The third-order valence-corrected chi connectivity index (χ3v) is 9.28. The van der Waals surface area contributed by atoms with Crippen LogP contribution in [0.2, 0.25) is 0 Å². The summed E-state index contributed by atoms with van der Waals surface area (Å²) in [6.45, 7) is 1.58. The van der Waals surface area contributed by atoms with Gasteiger partial charge in [0.05, 0.1) is 18.0 Å². The number of carbonyl (C=O) groups is 1. The number of ether oxygens (including phenoxy) is 1. The van der Waals surface area contributed by atoms with Crippen LogP contribution in [0.15, 0.2) is 30.5 Å². The fraction of sp³-hybridized carbons (Fsp3) is 0.464. The smallest absolute Gasteiger partial charge is 0.254 e. The van der Waals surface area contributed by atoms with E-state index in [-0.39, 0.29) is 11.7 Å². The fourth-order valence-electron chi connectivity index (χ4n) is 7.26. The first-order valence-electron chi connectivity index (χ1n) is 13.0. The Kier molecular flexibility index (Phi) is 4.08. The summed E-state index contributed by atoms with van der Waals surface area (Å²) >= 11 is 0. The highest BCUT2D eigenvalue weighted by molar-refractivity contribution is 6.00. The summed E-state index contributed by atoms with van der Waals surface area (Å²) < 4.78 is 25.5. The van der Waals surface area contributed by atoms with E-state index in [1.54, 1.807) is 25.4 Å². The van der Waals surface area contributed by atoms with Crippen LogP contribution in [0.3, 0.4) is 0 Å². The highest BCUT2D eigenvalue weighted by atomic mass is 19.1. The second-order valence-corrected chi connectivity index (χ2v) is 11.2. The number of imidazole rings is 1. The van der Waals surface area contributed by atoms with E-state index >= 15 is 4.39 Å². The van der Waals surface area contributed by atoms with Crippen LogP contribution in [-0.2, 0) is 13.6 Å². The molecule has 3 aromatic heterocycles. The van der Waals surface area contributed by atoms with Gasteiger partial charge in [-0.05, 0) is 73.6 Å². The molecule has 1 aromatic carbocycles. The first kappa shape index (κ1) is 20.7. The third-order valence-electron chi connectivity index (χ3n) is 9.28. The van der Waals surface area contributed by atoms with Crippen molar-refractivity contribution in [2.75, 3.05) is 13.7 Å². The maximum Gasteiger partial charge on any atom is 0.254 e. The average Bonchev–Trinajstić information content (AvgIpc) is 3.58. The van der Waals surface area contributed by atoms with Crippen LogP contribution in [-0.4, -0.2) is 49.6 Å². The molecule has 4 aromatic rings. The van der Waals surface area contributed by atoms with E-state index in [9.17, 15) is 4.79 Å². The summed E-state index contributed by atoms with van der Waals surface area (Å²) in [5.41, 5.74) is 3.08. The summed E-state index contributed by atoms with van der Waals surface area (Å²) in [5.74, 6) is 3.61. The minimum Gasteiger partial charge on any atom is -0.494 e. The van der Waals surface area contributed by atoms with Crippen molar-refractivity contribution in [1.29, 1.82) is 0 Å². The Morgan fingerprint density at radius 3 is 2.83 bits per heavy atom. The van der Waals surface area contributed by atoms with Crippen LogP contribution in [0.25, 0.3) is 33.6 Å². The third kappa shape index (κ3) is 2.64. The minimum absolute atomic E-state index is 0.0541. The lowest BCUT2D eigenvalue weighted by molar-refractivity contribution is -0.0204. The normalized spacial score (nSPS) is 26.2. The van der Waals surface area contributed by atoms with Crippen LogP contribution in [0, 0.1) is 29.5 Å². The lowest BCUT2D eigenvalue weighted by Crippen LogP contribution is -2.53. The van der Waals surface area contributed by atoms with Gasteiger partial charge in [-0.1, -0.05) is 0 Å². The van der Waals surface area contributed by atoms with E-state index in [4.69, 9.17) is 9.72 Å². The second-order valence-electron chi connectivity index (χ2n) is 11.2. The number of methoxy groups -OCH3 is 1. The van der Waals surface area contributed by atoms with Crippen LogP contribution >= 0.6 is 0 Å². The minimum atomic E-state index is -0.306. The zero-order valence-electron chi connectivity index (χ0n) is 20.4. The summed E-state index contributed by atoms with van der Waals surface area (Å²) in [6, 6.07) is 7.61. The molecule has 4 fully saturated rings. The summed E-state index contributed by atoms with van der Waals surface area (Å²) in [7, 11) is 3.49. The number of benzene rings is 1. The summed E-state index contributed by atoms with van der Waals surface area (Å²) in [4.78, 5) is 25.1. The fourth-order valence-corrected chi connectivity index (χ4v) is 7.26. The Bertz CT molecular complexity index is 1580. The molecular formula is C28H28FN5O2. The Hall–Kier alpha value is -3.42. The quantitative estimate of drug-likeness (QED) is 0.414. The van der Waals surface area contributed by atoms with Crippen LogP contribution < -0.4 is 4.74 Å². The van der Waals surface area contributed by atoms with Crippen molar-refractivity contribution in [1.82, 2.24) is 24.0 Å². The van der Waals surface area contributed by atoms with Crippen molar-refractivity contribution in [3.8, 4) is 17.3 Å². The topological polar surface area (TPSA) is 65.2 Å². The van der Waals surface area contributed by atoms with Crippen LogP contribution in [0.5, 0.6) is 5.75 Å². The van der Waals surface area contributed by atoms with Crippen LogP contribution in [0.1, 0.15) is 36.0 Å². The van der Waals surface area contributed by atoms with Gasteiger partial charge >= 0.3 is 0 Å². The number of pyridine rings is 1. The summed E-state index contributed by atoms with van der Waals surface area (Å²) in [5, 5.41) is 0.505. The van der Waals surface area contributed by atoms with Crippen molar-refractivity contribution < 1.29 is 13.9 Å². The van der Waals surface area contributed by atoms with E-state index in [2.05, 4.69) is 9.88 Å². The molecule has 4 aliphatic rings. The van der Waals surface area contributed by atoms with Crippen molar-refractivity contribution in [2.24, 2.45) is 30.7 Å². The molecule has 8 rings (SSSR count). The highest BCUT2D eigenvalue weighted by Crippen LogP contribution is 2.60. The number of amides is 1. The van der Waals surface area contributed by atoms with E-state index in [1.165, 1.54) is 6.42 Å². The number of aryl methyl sites for hydroxylation is 1. The number of nitrogens with zero attached hydrogens (tertiary/aromatic N) is 5. The van der Waals surface area contributed by atoms with Gasteiger partial charge in [-0.25, -0.2) is 14.4 Å². The molecule has 3 saturated carbocycles. The number of likely N-dealkylation sites (tertiary alicyclic amines) is 1. The molecule has 1 aliphatic heterocycles. The second kappa shape index (κ2) is 7.08. The molecule has 184 valence electrons. The van der Waals surface area contributed by atoms with Gasteiger partial charge in [-0.15, -0.1) is 0 Å². The predicted molar refractivity (Wildman–Crippen MR) is 133 cm³/mol. The van der Waals surface area contributed by atoms with Gasteiger partial charge in [-0.3, -0.25) is 4.79 Å². The van der Waals surface area contributed by atoms with Gasteiger partial charge in [0.1, 0.15) is 22.6 Å². The van der Waals surface area contributed by atoms with Crippen molar-refractivity contribution in [2.45, 2.75) is 38.3 Å². The largest absolute Gasteiger partial charge is 0.494 e. The molecule has 0 radical (unpaired) electrons. The molecule has 1 unspecified atom stereocenters. The van der Waals surface area contributed by atoms with E-state index < -0.39 is 0 Å². The molecule has 1 amide bonds. The Balaban J connectivity index is 1.27. The molecule has 0 bridgehead atoms. The maximum absolute atomic E-state index is 15.9. The molecule has 0 spiro atoms. The number of rotatable bonds is 5. The van der Waals surface area contributed by atoms with Crippen molar-refractivity contribution in [3.63, 3.8) is 0 Å². The molecule has 1 saturated heterocycles. The SMILES string of the molecule is COc1cc(C(=O)N2C[C@H]3CC4C[C@@H]2[C@H]43)cc2nc(-c3c(F)c4cccnc4n3CC3CC3)n(C)c12. The number of hydrogen-bond acceptors (Lipinski definition) is 4. The molecule has 36 heavy (non-hydrogen) atoms. The van der Waals surface area contributed by atoms with Crippen molar-refractivity contribution >= 4 is 28.0 Å². The monoisotopic (exact) mass is 485 g/mol. The number of carbonyl (C=O) groups excluding carboxylic acids is 1. The van der Waals surface area contributed by atoms with Gasteiger partial charge < -0.3 is 18.8 Å². The zero-order valence-corrected chi connectivity index (χ0v) is 20.4. The Morgan fingerprint density at radius 1 is 1.22 bits per heavy atom. The zero-order chi connectivity index (χ0) is 24.3. The first-order chi connectivity index (χ1) is 17.5. The van der Waals surface area contributed by atoms with Gasteiger partial charge in [-0.2, -0.15) is 0 Å². The Labute approximate surface area is 207 Å². The molecule has 3 aliphatic carbocycles. The summed E-state index contributed by atoms with van der Waals surface area (Å²) in [6.07, 6.45) is 6.41. The highest BCUT2D eigenvalue weighted by Gasteiger charge is 2.61. The predicted octanol–water partition coefficient (Wildman–Crippen LogP) is 4.63. The van der Waals surface area contributed by atoms with Gasteiger partial charge in [0.2, 0.25) is 0 Å². The number of hydrogen-bond donors (Lipinski definition) is 0. The molecule has 4 atom stereocenters. The Morgan fingerprint density at radius 2 is 2.08 bits per heavy atom. The maximum atomic E-state index is 15.9. The molecular weight excluding hydrogens is 457 g/mol. The molecule has 7 nitrogen and oxygen atoms in total. The van der Waals surface area contributed by atoms with Gasteiger partial charge in [0.25, 0.3) is 5.91 Å². The molecule has 4 heterocycles. The number of aromatic nitrogens is 4. The standard InChI is InChI=1S/C28H28FN5O2/c1-32-24-19(9-16(11-21(24)36-2)28(35)33-13-17-8-15-10-20(33)22(15)17)31-27(32)25-23(29)18-4-3-7-30-26(18)34(25)12-14-5-6-14/h3-4,7,9,11,14-15,17,20,22H,5-6,8,10,12-13H2,1-2H3/t15?,17-,20-,22-/m1/s1. The van der Waals surface area contributed by atoms with E-state index in [1.807, 2.05) is 28.3 Å².